The quantitative estimate of drug-likeness (QED) is 0.864. The van der Waals surface area contributed by atoms with Gasteiger partial charge < -0.3 is 5.11 Å². The molecule has 0 aliphatic carbocycles. The van der Waals surface area contributed by atoms with Gasteiger partial charge in [-0.2, -0.15) is 0 Å². The smallest absolute Gasteiger partial charge is 0.270 e. The van der Waals surface area contributed by atoms with Crippen LogP contribution in [0.3, 0.4) is 0 Å². The molecule has 0 heterocycles. The molecule has 0 saturated carbocycles. The highest BCUT2D eigenvalue weighted by Crippen LogP contribution is 2.34. The minimum absolute atomic E-state index is 0.0887. The van der Waals surface area contributed by atoms with Crippen molar-refractivity contribution in [2.75, 3.05) is 6.61 Å². The average molecular weight is 249 g/mol. The third kappa shape index (κ3) is 2.71. The summed E-state index contributed by atoms with van der Waals surface area (Å²) in [6.07, 6.45) is 0. The molecule has 16 heavy (non-hydrogen) atoms. The molecule has 0 aliphatic heterocycles. The Morgan fingerprint density at radius 1 is 1.25 bits per heavy atom. The Labute approximate surface area is 99.0 Å². The predicted molar refractivity (Wildman–Crippen MR) is 61.1 cm³/mol. The van der Waals surface area contributed by atoms with Crippen molar-refractivity contribution in [2.45, 2.75) is 32.1 Å². The molecule has 1 aromatic carbocycles. The number of alkyl halides is 2. The van der Waals surface area contributed by atoms with Crippen LogP contribution in [-0.2, 0) is 11.3 Å². The highest BCUT2D eigenvalue weighted by atomic mass is 35.5. The number of aliphatic hydroxyl groups is 1. The summed E-state index contributed by atoms with van der Waals surface area (Å²) in [5, 5.41) is 9.46. The second-order valence-corrected chi connectivity index (χ2v) is 5.03. The molecule has 1 N–H and O–H groups in total. The lowest BCUT2D eigenvalue weighted by Gasteiger charge is -2.24. The van der Waals surface area contributed by atoms with Crippen molar-refractivity contribution in [1.29, 1.82) is 0 Å². The maximum Gasteiger partial charge on any atom is 0.270 e. The van der Waals surface area contributed by atoms with Gasteiger partial charge in [0.1, 0.15) is 0 Å². The van der Waals surface area contributed by atoms with Gasteiger partial charge >= 0.3 is 0 Å². The molecule has 0 unspecified atom stereocenters. The highest BCUT2D eigenvalue weighted by molar-refractivity contribution is 6.31. The SMILES string of the molecule is CC(F)(F)c1ccc(C(C)(C)CO)c(Cl)c1. The van der Waals surface area contributed by atoms with Crippen molar-refractivity contribution in [3.63, 3.8) is 0 Å². The molecule has 0 atom stereocenters. The lowest BCUT2D eigenvalue weighted by atomic mass is 9.85. The largest absolute Gasteiger partial charge is 0.395 e. The molecule has 0 fully saturated rings. The van der Waals surface area contributed by atoms with Crippen LogP contribution in [0.4, 0.5) is 8.78 Å². The number of halogens is 3. The van der Waals surface area contributed by atoms with Crippen molar-refractivity contribution < 1.29 is 13.9 Å². The number of aliphatic hydroxyl groups excluding tert-OH is 1. The van der Waals surface area contributed by atoms with E-state index in [2.05, 4.69) is 0 Å². The summed E-state index contributed by atoms with van der Waals surface area (Å²) in [5.74, 6) is -2.90. The zero-order valence-electron chi connectivity index (χ0n) is 9.52. The van der Waals surface area contributed by atoms with Crippen molar-refractivity contribution >= 4 is 11.6 Å². The first-order chi connectivity index (χ1) is 7.18. The van der Waals surface area contributed by atoms with Crippen molar-refractivity contribution in [2.24, 2.45) is 0 Å². The second kappa shape index (κ2) is 4.30. The maximum atomic E-state index is 13.0. The van der Waals surface area contributed by atoms with E-state index in [1.54, 1.807) is 19.9 Å². The second-order valence-electron chi connectivity index (χ2n) is 4.62. The molecule has 1 aromatic rings. The van der Waals surface area contributed by atoms with Crippen LogP contribution in [0.5, 0.6) is 0 Å². The van der Waals surface area contributed by atoms with Gasteiger partial charge in [0.05, 0.1) is 6.61 Å². The number of hydrogen-bond acceptors (Lipinski definition) is 1. The summed E-state index contributed by atoms with van der Waals surface area (Å²) in [6, 6.07) is 4.15. The van der Waals surface area contributed by atoms with E-state index < -0.39 is 11.3 Å². The molecule has 0 bridgehead atoms. The van der Waals surface area contributed by atoms with Crippen LogP contribution < -0.4 is 0 Å². The summed E-state index contributed by atoms with van der Waals surface area (Å²) in [7, 11) is 0. The Balaban J connectivity index is 3.20. The van der Waals surface area contributed by atoms with Crippen molar-refractivity contribution in [3.05, 3.63) is 34.3 Å². The van der Waals surface area contributed by atoms with Crippen LogP contribution in [0.2, 0.25) is 5.02 Å². The van der Waals surface area contributed by atoms with Crippen LogP contribution in [0, 0.1) is 0 Å². The minimum Gasteiger partial charge on any atom is -0.395 e. The monoisotopic (exact) mass is 248 g/mol. The van der Waals surface area contributed by atoms with E-state index in [-0.39, 0.29) is 17.2 Å². The van der Waals surface area contributed by atoms with Crippen LogP contribution in [-0.4, -0.2) is 11.7 Å². The minimum atomic E-state index is -2.90. The molecule has 0 aliphatic rings. The fraction of sp³-hybridized carbons (Fsp3) is 0.500. The standard InChI is InChI=1S/C12H15ClF2O/c1-11(2,7-16)9-5-4-8(6-10(9)13)12(3,14)15/h4-6,16H,7H2,1-3H3. The molecular formula is C12H15ClF2O. The molecule has 0 aromatic heterocycles. The third-order valence-corrected chi connectivity index (χ3v) is 2.91. The topological polar surface area (TPSA) is 20.2 Å². The fourth-order valence-electron chi connectivity index (χ4n) is 1.42. The normalized spacial score (nSPS) is 12.9. The van der Waals surface area contributed by atoms with Crippen LogP contribution >= 0.6 is 11.6 Å². The molecular weight excluding hydrogens is 234 g/mol. The zero-order chi connectivity index (χ0) is 12.6. The first-order valence-electron chi connectivity index (χ1n) is 4.97. The van der Waals surface area contributed by atoms with Gasteiger partial charge in [0.25, 0.3) is 5.92 Å². The molecule has 1 nitrogen and oxygen atoms in total. The van der Waals surface area contributed by atoms with E-state index in [9.17, 15) is 13.9 Å². The van der Waals surface area contributed by atoms with Crippen LogP contribution in [0.1, 0.15) is 31.9 Å². The van der Waals surface area contributed by atoms with E-state index in [0.717, 1.165) is 6.92 Å². The molecule has 0 amide bonds. The third-order valence-electron chi connectivity index (χ3n) is 2.60. The molecule has 90 valence electrons. The number of hydrogen-bond donors (Lipinski definition) is 1. The van der Waals surface area contributed by atoms with Crippen molar-refractivity contribution in [3.8, 4) is 0 Å². The number of rotatable bonds is 3. The van der Waals surface area contributed by atoms with Gasteiger partial charge in [-0.1, -0.05) is 37.6 Å². The molecule has 4 heteroatoms. The first kappa shape index (κ1) is 13.4. The van der Waals surface area contributed by atoms with Gasteiger partial charge in [0, 0.05) is 22.9 Å². The van der Waals surface area contributed by atoms with Gasteiger partial charge in [0.2, 0.25) is 0 Å². The van der Waals surface area contributed by atoms with E-state index >= 15 is 0 Å². The van der Waals surface area contributed by atoms with Gasteiger partial charge in [-0.15, -0.1) is 0 Å². The van der Waals surface area contributed by atoms with E-state index in [4.69, 9.17) is 11.6 Å². The van der Waals surface area contributed by atoms with Gasteiger partial charge in [0.15, 0.2) is 0 Å². The highest BCUT2D eigenvalue weighted by Gasteiger charge is 2.28. The summed E-state index contributed by atoms with van der Waals surface area (Å²) in [6.45, 7) is 4.35. The first-order valence-corrected chi connectivity index (χ1v) is 5.35. The van der Waals surface area contributed by atoms with Gasteiger partial charge in [-0.25, -0.2) is 8.78 Å². The lowest BCUT2D eigenvalue weighted by molar-refractivity contribution is 0.0174. The lowest BCUT2D eigenvalue weighted by Crippen LogP contribution is -2.23. The Kier molecular flexibility index (Phi) is 3.60. The fourth-order valence-corrected chi connectivity index (χ4v) is 1.86. The summed E-state index contributed by atoms with van der Waals surface area (Å²) in [5.41, 5.74) is 0.0261. The van der Waals surface area contributed by atoms with E-state index in [1.807, 2.05) is 0 Å². The predicted octanol–water partition coefficient (Wildman–Crippen LogP) is 3.72. The van der Waals surface area contributed by atoms with E-state index in [0.29, 0.717) is 5.56 Å². The van der Waals surface area contributed by atoms with Crippen molar-refractivity contribution in [1.82, 2.24) is 0 Å². The average Bonchev–Trinajstić information content (AvgIpc) is 2.16. The summed E-state index contributed by atoms with van der Waals surface area (Å²) >= 11 is 5.95. The van der Waals surface area contributed by atoms with E-state index in [1.165, 1.54) is 12.1 Å². The molecule has 0 radical (unpaired) electrons. The van der Waals surface area contributed by atoms with Crippen LogP contribution in [0.25, 0.3) is 0 Å². The summed E-state index contributed by atoms with van der Waals surface area (Å²) < 4.78 is 26.1. The molecule has 0 saturated heterocycles. The molecule has 0 spiro atoms. The summed E-state index contributed by atoms with van der Waals surface area (Å²) in [4.78, 5) is 0. The number of benzene rings is 1. The van der Waals surface area contributed by atoms with Gasteiger partial charge in [-0.05, 0) is 11.6 Å². The van der Waals surface area contributed by atoms with Crippen LogP contribution in [0.15, 0.2) is 18.2 Å². The molecule has 1 rings (SSSR count). The maximum absolute atomic E-state index is 13.0. The Morgan fingerprint density at radius 2 is 1.81 bits per heavy atom. The Bertz CT molecular complexity index is 383. The van der Waals surface area contributed by atoms with Gasteiger partial charge in [-0.3, -0.25) is 0 Å². The zero-order valence-corrected chi connectivity index (χ0v) is 10.3. The Hall–Kier alpha value is -0.670. The Morgan fingerprint density at radius 3 is 2.19 bits per heavy atom.